The van der Waals surface area contributed by atoms with Crippen molar-refractivity contribution in [3.8, 4) is 0 Å². The lowest BCUT2D eigenvalue weighted by Crippen LogP contribution is -2.54. The van der Waals surface area contributed by atoms with Crippen molar-refractivity contribution in [1.29, 1.82) is 5.41 Å². The Kier molecular flexibility index (Phi) is 6.01. The fourth-order valence-corrected chi connectivity index (χ4v) is 3.95. The molecule has 3 rings (SSSR count). The third-order valence-electron chi connectivity index (χ3n) is 5.83. The minimum Gasteiger partial charge on any atom is -0.481 e. The number of amidine groups is 1. The maximum Gasteiger partial charge on any atom is 0.320 e. The van der Waals surface area contributed by atoms with Crippen LogP contribution in [-0.2, 0) is 4.79 Å². The molecule has 9 heteroatoms. The van der Waals surface area contributed by atoms with Gasteiger partial charge in [0.05, 0.1) is 5.92 Å². The van der Waals surface area contributed by atoms with Gasteiger partial charge in [0.1, 0.15) is 11.7 Å². The second kappa shape index (κ2) is 8.45. The second-order valence-electron chi connectivity index (χ2n) is 7.53. The lowest BCUT2D eigenvalue weighted by atomic mass is 9.85. The Balaban J connectivity index is 1.50. The smallest absolute Gasteiger partial charge is 0.320 e. The van der Waals surface area contributed by atoms with Gasteiger partial charge in [-0.2, -0.15) is 0 Å². The third kappa shape index (κ3) is 4.35. The number of nitrogens with zero attached hydrogens (tertiary/aromatic N) is 4. The number of carbonyl (C=O) groups is 2. The highest BCUT2D eigenvalue weighted by Gasteiger charge is 2.32. The van der Waals surface area contributed by atoms with E-state index in [1.165, 1.54) is 0 Å². The van der Waals surface area contributed by atoms with Gasteiger partial charge in [0, 0.05) is 51.0 Å². The molecule has 1 saturated heterocycles. The molecule has 1 aliphatic carbocycles. The molecule has 1 saturated carbocycles. The number of aromatic nitrogens is 1. The van der Waals surface area contributed by atoms with Crippen LogP contribution in [0.25, 0.3) is 0 Å². The van der Waals surface area contributed by atoms with Gasteiger partial charge in [-0.15, -0.1) is 0 Å². The topological polar surface area (TPSA) is 127 Å². The van der Waals surface area contributed by atoms with E-state index >= 15 is 0 Å². The van der Waals surface area contributed by atoms with Crippen molar-refractivity contribution in [3.05, 3.63) is 23.9 Å². The summed E-state index contributed by atoms with van der Waals surface area (Å²) in [5, 5.41) is 16.5. The number of rotatable bonds is 4. The Morgan fingerprint density at radius 3 is 2.32 bits per heavy atom. The normalized spacial score (nSPS) is 22.6. The van der Waals surface area contributed by atoms with Crippen molar-refractivity contribution >= 4 is 23.7 Å². The number of piperazine rings is 1. The number of anilines is 1. The minimum atomic E-state index is -0.728. The molecule has 0 unspecified atom stereocenters. The van der Waals surface area contributed by atoms with E-state index in [9.17, 15) is 9.59 Å². The molecular formula is C19H28N6O3. The Bertz CT molecular complexity index is 722. The Morgan fingerprint density at radius 1 is 1.18 bits per heavy atom. The van der Waals surface area contributed by atoms with Crippen molar-refractivity contribution in [1.82, 2.24) is 14.8 Å². The van der Waals surface area contributed by atoms with Crippen LogP contribution in [-0.4, -0.2) is 77.0 Å². The number of nitrogen functional groups attached to an aromatic ring is 1. The summed E-state index contributed by atoms with van der Waals surface area (Å²) in [5.74, 6) is -0.189. The van der Waals surface area contributed by atoms with E-state index in [1.807, 2.05) is 18.0 Å². The van der Waals surface area contributed by atoms with Crippen LogP contribution in [0.1, 0.15) is 31.2 Å². The summed E-state index contributed by atoms with van der Waals surface area (Å²) in [4.78, 5) is 34.1. The first-order valence-corrected chi connectivity index (χ1v) is 9.66. The lowest BCUT2D eigenvalue weighted by molar-refractivity contribution is -0.143. The third-order valence-corrected chi connectivity index (χ3v) is 5.83. The highest BCUT2D eigenvalue weighted by molar-refractivity contribution is 5.94. The predicted molar refractivity (Wildman–Crippen MR) is 106 cm³/mol. The van der Waals surface area contributed by atoms with Crippen LogP contribution in [0, 0.1) is 11.3 Å². The van der Waals surface area contributed by atoms with E-state index in [0.29, 0.717) is 44.6 Å². The molecule has 0 radical (unpaired) electrons. The molecule has 0 bridgehead atoms. The maximum absolute atomic E-state index is 12.8. The highest BCUT2D eigenvalue weighted by atomic mass is 16.4. The fraction of sp³-hybridized carbons (Fsp3) is 0.579. The molecule has 9 nitrogen and oxygen atoms in total. The molecule has 0 spiro atoms. The predicted octanol–water partition coefficient (Wildman–Crippen LogP) is 1.18. The zero-order valence-corrected chi connectivity index (χ0v) is 16.2. The van der Waals surface area contributed by atoms with E-state index in [-0.39, 0.29) is 23.8 Å². The lowest BCUT2D eigenvalue weighted by Gasteiger charge is -2.40. The van der Waals surface area contributed by atoms with Crippen molar-refractivity contribution in [3.63, 3.8) is 0 Å². The summed E-state index contributed by atoms with van der Waals surface area (Å²) in [6.45, 7) is 2.61. The van der Waals surface area contributed by atoms with Crippen LogP contribution in [0.5, 0.6) is 0 Å². The number of carboxylic acids is 1. The molecule has 152 valence electrons. The summed E-state index contributed by atoms with van der Waals surface area (Å²) >= 11 is 0. The zero-order chi connectivity index (χ0) is 20.3. The Labute approximate surface area is 164 Å². The first kappa shape index (κ1) is 19.9. The van der Waals surface area contributed by atoms with Crippen LogP contribution in [0.4, 0.5) is 10.6 Å². The number of hydrogen-bond donors (Lipinski definition) is 3. The summed E-state index contributed by atoms with van der Waals surface area (Å²) in [6, 6.07) is 3.75. The first-order valence-electron chi connectivity index (χ1n) is 9.66. The monoisotopic (exact) mass is 388 g/mol. The SMILES string of the molecule is CN(C(=O)N1CCN(c2ccc(C(=N)N)cn2)CC1)[C@H]1CC[C@H](C(=O)O)CC1. The molecule has 1 aliphatic heterocycles. The average molecular weight is 388 g/mol. The highest BCUT2D eigenvalue weighted by Crippen LogP contribution is 2.28. The van der Waals surface area contributed by atoms with E-state index in [4.69, 9.17) is 16.2 Å². The molecule has 2 fully saturated rings. The molecule has 1 aromatic rings. The summed E-state index contributed by atoms with van der Waals surface area (Å²) < 4.78 is 0. The van der Waals surface area contributed by atoms with Crippen molar-refractivity contribution in [2.75, 3.05) is 38.1 Å². The standard InChI is InChI=1S/C19H28N6O3/c1-23(15-5-2-13(3-6-15)18(26)27)19(28)25-10-8-24(9-11-25)16-7-4-14(12-22-16)17(20)21/h4,7,12-13,15H,2-3,5-6,8-11H2,1H3,(H3,20,21)(H,26,27)/t13-,15-. The first-order chi connectivity index (χ1) is 13.4. The zero-order valence-electron chi connectivity index (χ0n) is 16.2. The molecule has 1 aromatic heterocycles. The molecular weight excluding hydrogens is 360 g/mol. The fourth-order valence-electron chi connectivity index (χ4n) is 3.95. The largest absolute Gasteiger partial charge is 0.481 e. The van der Waals surface area contributed by atoms with E-state index < -0.39 is 5.97 Å². The Hall–Kier alpha value is -2.84. The minimum absolute atomic E-state index is 0.00473. The molecule has 2 amide bonds. The molecule has 28 heavy (non-hydrogen) atoms. The van der Waals surface area contributed by atoms with Crippen LogP contribution in [0.3, 0.4) is 0 Å². The number of amides is 2. The molecule has 0 aromatic carbocycles. The van der Waals surface area contributed by atoms with E-state index in [0.717, 1.165) is 18.7 Å². The van der Waals surface area contributed by atoms with Crippen molar-refractivity contribution in [2.45, 2.75) is 31.7 Å². The number of nitrogens with one attached hydrogen (secondary N) is 1. The average Bonchev–Trinajstić information content (AvgIpc) is 2.73. The van der Waals surface area contributed by atoms with Crippen LogP contribution < -0.4 is 10.6 Å². The summed E-state index contributed by atoms with van der Waals surface area (Å²) in [7, 11) is 1.82. The van der Waals surface area contributed by atoms with Crippen molar-refractivity contribution < 1.29 is 14.7 Å². The number of carbonyl (C=O) groups excluding carboxylic acids is 1. The van der Waals surface area contributed by atoms with Gasteiger partial charge in [-0.05, 0) is 37.8 Å². The van der Waals surface area contributed by atoms with Gasteiger partial charge in [0.15, 0.2) is 0 Å². The molecule has 0 atom stereocenters. The van der Waals surface area contributed by atoms with Gasteiger partial charge in [-0.3, -0.25) is 10.2 Å². The van der Waals surface area contributed by atoms with Crippen molar-refractivity contribution in [2.24, 2.45) is 11.7 Å². The molecule has 2 heterocycles. The molecule has 4 N–H and O–H groups in total. The van der Waals surface area contributed by atoms with Crippen LogP contribution in [0.2, 0.25) is 0 Å². The van der Waals surface area contributed by atoms with Gasteiger partial charge in [-0.25, -0.2) is 9.78 Å². The van der Waals surface area contributed by atoms with E-state index in [1.54, 1.807) is 17.2 Å². The number of carboxylic acid groups (broad SMARTS) is 1. The summed E-state index contributed by atoms with van der Waals surface area (Å²) in [6.07, 6.45) is 4.34. The number of hydrogen-bond acceptors (Lipinski definition) is 5. The van der Waals surface area contributed by atoms with Gasteiger partial charge in [0.25, 0.3) is 0 Å². The van der Waals surface area contributed by atoms with Gasteiger partial charge >= 0.3 is 12.0 Å². The van der Waals surface area contributed by atoms with Crippen LogP contribution in [0.15, 0.2) is 18.3 Å². The molecule has 2 aliphatic rings. The van der Waals surface area contributed by atoms with Gasteiger partial charge < -0.3 is 25.5 Å². The number of pyridine rings is 1. The van der Waals surface area contributed by atoms with E-state index in [2.05, 4.69) is 9.88 Å². The number of aliphatic carboxylic acids is 1. The number of nitrogens with two attached hydrogens (primary N) is 1. The number of urea groups is 1. The Morgan fingerprint density at radius 2 is 1.82 bits per heavy atom. The van der Waals surface area contributed by atoms with Crippen LogP contribution >= 0.6 is 0 Å². The quantitative estimate of drug-likeness (QED) is 0.525. The summed E-state index contributed by atoms with van der Waals surface area (Å²) in [5.41, 5.74) is 6.05. The maximum atomic E-state index is 12.8. The van der Waals surface area contributed by atoms with Gasteiger partial charge in [0.2, 0.25) is 0 Å². The second-order valence-corrected chi connectivity index (χ2v) is 7.53. The van der Waals surface area contributed by atoms with Gasteiger partial charge in [-0.1, -0.05) is 0 Å².